The van der Waals surface area contributed by atoms with Gasteiger partial charge in [0.1, 0.15) is 5.82 Å². The van der Waals surface area contributed by atoms with Crippen molar-refractivity contribution in [2.24, 2.45) is 5.41 Å². The Balaban J connectivity index is 1.86. The fourth-order valence-electron chi connectivity index (χ4n) is 3.80. The minimum Gasteiger partial charge on any atom is -0.353 e. The number of anilines is 1. The molecule has 1 saturated heterocycles. The van der Waals surface area contributed by atoms with Crippen LogP contribution in [-0.4, -0.2) is 52.8 Å². The molecule has 0 radical (unpaired) electrons. The first kappa shape index (κ1) is 24.3. The van der Waals surface area contributed by atoms with Gasteiger partial charge in [0, 0.05) is 48.9 Å². The number of alkyl halides is 4. The third kappa shape index (κ3) is 5.00. The second kappa shape index (κ2) is 9.25. The smallest absolute Gasteiger partial charge is 0.353 e. The summed E-state index contributed by atoms with van der Waals surface area (Å²) >= 11 is 5.96. The van der Waals surface area contributed by atoms with E-state index in [1.807, 2.05) is 32.6 Å². The van der Waals surface area contributed by atoms with Gasteiger partial charge in [-0.15, -0.1) is 11.6 Å². The minimum absolute atomic E-state index is 0.0344. The molecule has 0 atom stereocenters. The first-order valence-corrected chi connectivity index (χ1v) is 11.2. The van der Waals surface area contributed by atoms with Gasteiger partial charge < -0.3 is 9.80 Å². The fourth-order valence-corrected chi connectivity index (χ4v) is 3.91. The van der Waals surface area contributed by atoms with Crippen LogP contribution in [0.3, 0.4) is 0 Å². The number of nitrogens with zero attached hydrogens (tertiary/aromatic N) is 4. The Bertz CT molecular complexity index is 968. The van der Waals surface area contributed by atoms with Gasteiger partial charge in [0.05, 0.1) is 11.0 Å². The lowest BCUT2D eigenvalue weighted by Gasteiger charge is -2.39. The van der Waals surface area contributed by atoms with E-state index >= 15 is 0 Å². The van der Waals surface area contributed by atoms with E-state index in [1.54, 1.807) is 0 Å². The number of hydrogen-bond acceptors (Lipinski definition) is 4. The van der Waals surface area contributed by atoms with Gasteiger partial charge in [-0.2, -0.15) is 13.2 Å². The van der Waals surface area contributed by atoms with Gasteiger partial charge in [-0.3, -0.25) is 4.79 Å². The van der Waals surface area contributed by atoms with Crippen molar-refractivity contribution in [3.05, 3.63) is 41.1 Å². The van der Waals surface area contributed by atoms with Gasteiger partial charge in [-0.05, 0) is 39.3 Å². The van der Waals surface area contributed by atoms with Crippen LogP contribution in [0.1, 0.15) is 37.6 Å². The van der Waals surface area contributed by atoms with Crippen molar-refractivity contribution in [2.45, 2.75) is 40.3 Å². The van der Waals surface area contributed by atoms with Crippen molar-refractivity contribution in [3.8, 4) is 11.4 Å². The molecule has 1 amide bonds. The van der Waals surface area contributed by atoms with E-state index < -0.39 is 17.2 Å². The Morgan fingerprint density at radius 2 is 1.66 bits per heavy atom. The molecule has 32 heavy (non-hydrogen) atoms. The quantitative estimate of drug-likeness (QED) is 0.583. The monoisotopic (exact) mass is 468 g/mol. The molecular formula is C23H28ClF3N4O. The van der Waals surface area contributed by atoms with Crippen LogP contribution in [0.25, 0.3) is 11.4 Å². The van der Waals surface area contributed by atoms with Gasteiger partial charge in [-0.1, -0.05) is 19.1 Å². The van der Waals surface area contributed by atoms with Gasteiger partial charge in [0.25, 0.3) is 0 Å². The maximum atomic E-state index is 12.9. The van der Waals surface area contributed by atoms with E-state index in [1.165, 1.54) is 12.1 Å². The molecule has 1 aliphatic heterocycles. The number of amides is 1. The van der Waals surface area contributed by atoms with Crippen LogP contribution >= 0.6 is 11.6 Å². The molecule has 174 valence electrons. The summed E-state index contributed by atoms with van der Waals surface area (Å²) in [4.78, 5) is 26.0. The first-order chi connectivity index (χ1) is 15.0. The summed E-state index contributed by atoms with van der Waals surface area (Å²) in [6.45, 7) is 9.93. The molecule has 2 aromatic rings. The average molecular weight is 469 g/mol. The lowest BCUT2D eigenvalue weighted by Crippen LogP contribution is -2.53. The van der Waals surface area contributed by atoms with Crippen LogP contribution in [-0.2, 0) is 17.4 Å². The molecule has 0 N–H and O–H groups in total. The second-order valence-electron chi connectivity index (χ2n) is 8.66. The highest BCUT2D eigenvalue weighted by molar-refractivity contribution is 6.19. The summed E-state index contributed by atoms with van der Waals surface area (Å²) in [5.74, 6) is 1.46. The number of aryl methyl sites for hydroxylation is 1. The van der Waals surface area contributed by atoms with Crippen molar-refractivity contribution in [2.75, 3.05) is 37.0 Å². The third-order valence-electron chi connectivity index (χ3n) is 5.80. The van der Waals surface area contributed by atoms with E-state index in [0.29, 0.717) is 37.6 Å². The van der Waals surface area contributed by atoms with Crippen LogP contribution < -0.4 is 4.90 Å². The molecule has 0 spiro atoms. The van der Waals surface area contributed by atoms with E-state index in [9.17, 15) is 18.0 Å². The Kier molecular flexibility index (Phi) is 7.03. The van der Waals surface area contributed by atoms with Crippen LogP contribution in [0.2, 0.25) is 0 Å². The zero-order chi connectivity index (χ0) is 23.7. The summed E-state index contributed by atoms with van der Waals surface area (Å²) in [6.07, 6.45) is -3.66. The Hall–Kier alpha value is -2.35. The van der Waals surface area contributed by atoms with Crippen molar-refractivity contribution in [3.63, 3.8) is 0 Å². The van der Waals surface area contributed by atoms with E-state index in [4.69, 9.17) is 16.6 Å². The molecule has 0 aliphatic carbocycles. The molecule has 3 rings (SSSR count). The van der Waals surface area contributed by atoms with Gasteiger partial charge in [0.15, 0.2) is 5.82 Å². The predicted octanol–water partition coefficient (Wildman–Crippen LogP) is 4.95. The highest BCUT2D eigenvalue weighted by Crippen LogP contribution is 2.32. The Morgan fingerprint density at radius 3 is 2.16 bits per heavy atom. The molecule has 0 bridgehead atoms. The summed E-state index contributed by atoms with van der Waals surface area (Å²) < 4.78 is 38.7. The summed E-state index contributed by atoms with van der Waals surface area (Å²) in [6, 6.07) is 4.89. The zero-order valence-corrected chi connectivity index (χ0v) is 19.5. The number of carbonyl (C=O) groups is 1. The second-order valence-corrected chi connectivity index (χ2v) is 8.93. The molecule has 9 heteroatoms. The summed E-state index contributed by atoms with van der Waals surface area (Å²) in [5.41, 5.74) is 1.02. The molecule has 1 fully saturated rings. The molecule has 1 aromatic carbocycles. The van der Waals surface area contributed by atoms with Gasteiger partial charge >= 0.3 is 6.18 Å². The third-order valence-corrected chi connectivity index (χ3v) is 6.46. The summed E-state index contributed by atoms with van der Waals surface area (Å²) in [5, 5.41) is 0. The minimum atomic E-state index is -4.39. The van der Waals surface area contributed by atoms with Crippen molar-refractivity contribution in [1.82, 2.24) is 14.9 Å². The van der Waals surface area contributed by atoms with Gasteiger partial charge in [-0.25, -0.2) is 9.97 Å². The number of hydrogen-bond donors (Lipinski definition) is 0. The molecule has 5 nitrogen and oxygen atoms in total. The number of halogens is 4. The number of aromatic nitrogens is 2. The predicted molar refractivity (Wildman–Crippen MR) is 120 cm³/mol. The zero-order valence-electron chi connectivity index (χ0n) is 18.8. The van der Waals surface area contributed by atoms with E-state index in [-0.39, 0.29) is 11.8 Å². The Morgan fingerprint density at radius 1 is 1.06 bits per heavy atom. The Labute approximate surface area is 191 Å². The standard InChI is InChI=1S/C23H28ClF3N4O/c1-5-18-15(2)28-19(16-6-8-17(9-7-16)23(25,26)27)29-20(18)30-10-12-31(13-11-30)21(32)22(3,4)14-24/h6-9H,5,10-14H2,1-4H3. The van der Waals surface area contributed by atoms with E-state index in [2.05, 4.69) is 9.88 Å². The maximum absolute atomic E-state index is 12.9. The number of carbonyl (C=O) groups excluding carboxylic acids is 1. The molecule has 0 unspecified atom stereocenters. The largest absolute Gasteiger partial charge is 0.416 e. The number of piperazine rings is 1. The summed E-state index contributed by atoms with van der Waals surface area (Å²) in [7, 11) is 0. The van der Waals surface area contributed by atoms with Crippen molar-refractivity contribution >= 4 is 23.3 Å². The molecule has 2 heterocycles. The van der Waals surface area contributed by atoms with E-state index in [0.717, 1.165) is 35.6 Å². The van der Waals surface area contributed by atoms with Crippen LogP contribution in [0.5, 0.6) is 0 Å². The first-order valence-electron chi connectivity index (χ1n) is 10.6. The highest BCUT2D eigenvalue weighted by atomic mass is 35.5. The molecule has 0 saturated carbocycles. The number of benzene rings is 1. The van der Waals surface area contributed by atoms with Crippen LogP contribution in [0.15, 0.2) is 24.3 Å². The average Bonchev–Trinajstić information content (AvgIpc) is 2.77. The highest BCUT2D eigenvalue weighted by Gasteiger charge is 2.34. The molecule has 1 aromatic heterocycles. The lowest BCUT2D eigenvalue weighted by molar-refractivity contribution is -0.139. The van der Waals surface area contributed by atoms with Crippen LogP contribution in [0, 0.1) is 12.3 Å². The maximum Gasteiger partial charge on any atom is 0.416 e. The van der Waals surface area contributed by atoms with Crippen LogP contribution in [0.4, 0.5) is 19.0 Å². The molecular weight excluding hydrogens is 441 g/mol. The topological polar surface area (TPSA) is 49.3 Å². The van der Waals surface area contributed by atoms with Crippen molar-refractivity contribution in [1.29, 1.82) is 0 Å². The SMILES string of the molecule is CCc1c(C)nc(-c2ccc(C(F)(F)F)cc2)nc1N1CCN(C(=O)C(C)(C)CCl)CC1. The number of rotatable bonds is 5. The van der Waals surface area contributed by atoms with Crippen molar-refractivity contribution < 1.29 is 18.0 Å². The lowest BCUT2D eigenvalue weighted by atomic mass is 9.94. The normalized spacial score (nSPS) is 15.2. The van der Waals surface area contributed by atoms with Gasteiger partial charge in [0.2, 0.25) is 5.91 Å². The fraction of sp³-hybridized carbons (Fsp3) is 0.522. The molecule has 1 aliphatic rings.